The van der Waals surface area contributed by atoms with E-state index < -0.39 is 5.97 Å². The van der Waals surface area contributed by atoms with Crippen LogP contribution in [0.5, 0.6) is 0 Å². The summed E-state index contributed by atoms with van der Waals surface area (Å²) in [5, 5.41) is 0. The maximum atomic E-state index is 11.7. The summed E-state index contributed by atoms with van der Waals surface area (Å²) in [6, 6.07) is 7.71. The molecule has 0 atom stereocenters. The van der Waals surface area contributed by atoms with Gasteiger partial charge in [0, 0.05) is 16.4 Å². The minimum Gasteiger partial charge on any atom is -0.468 e. The molecule has 1 aromatic carbocycles. The van der Waals surface area contributed by atoms with E-state index in [2.05, 4.69) is 20.7 Å². The molecule has 1 aromatic rings. The Morgan fingerprint density at radius 2 is 1.94 bits per heavy atom. The maximum absolute atomic E-state index is 11.7. The van der Waals surface area contributed by atoms with Gasteiger partial charge in [0.25, 0.3) is 0 Å². The fourth-order valence-corrected chi connectivity index (χ4v) is 2.24. The summed E-state index contributed by atoms with van der Waals surface area (Å²) < 4.78 is 5.50. The fraction of sp³-hybridized carbons (Fsp3) is 0.333. The van der Waals surface area contributed by atoms with Gasteiger partial charge in [0.05, 0.1) is 12.9 Å². The van der Waals surface area contributed by atoms with E-state index in [0.29, 0.717) is 5.75 Å². The molecule has 0 heterocycles. The third kappa shape index (κ3) is 5.10. The highest BCUT2D eigenvalue weighted by molar-refractivity contribution is 9.10. The summed E-state index contributed by atoms with van der Waals surface area (Å²) in [5.41, 5.74) is 0. The van der Waals surface area contributed by atoms with E-state index in [1.165, 1.54) is 23.8 Å². The van der Waals surface area contributed by atoms with Crippen molar-refractivity contribution in [2.45, 2.75) is 4.90 Å². The largest absolute Gasteiger partial charge is 0.468 e. The highest BCUT2D eigenvalue weighted by Gasteiger charge is 2.13. The van der Waals surface area contributed by atoms with Gasteiger partial charge < -0.3 is 9.64 Å². The lowest BCUT2D eigenvalue weighted by molar-refractivity contribution is -0.145. The molecule has 1 rings (SSSR count). The molecule has 0 aliphatic heterocycles. The first-order valence-corrected chi connectivity index (χ1v) is 7.00. The molecule has 0 spiro atoms. The number of benzene rings is 1. The van der Waals surface area contributed by atoms with Crippen LogP contribution in [0.2, 0.25) is 0 Å². The summed E-state index contributed by atoms with van der Waals surface area (Å²) in [6.45, 7) is -0.0176. The first kappa shape index (κ1) is 15.0. The Bertz CT molecular complexity index is 422. The number of halogens is 1. The van der Waals surface area contributed by atoms with Crippen molar-refractivity contribution in [2.75, 3.05) is 26.5 Å². The van der Waals surface area contributed by atoms with Crippen molar-refractivity contribution in [3.05, 3.63) is 28.7 Å². The fourth-order valence-electron chi connectivity index (χ4n) is 1.13. The molecule has 0 bridgehead atoms. The van der Waals surface area contributed by atoms with Gasteiger partial charge in [-0.1, -0.05) is 15.9 Å². The lowest BCUT2D eigenvalue weighted by atomic mass is 10.4. The molecule has 0 saturated heterocycles. The Morgan fingerprint density at radius 1 is 1.33 bits per heavy atom. The topological polar surface area (TPSA) is 46.6 Å². The third-order valence-corrected chi connectivity index (χ3v) is 3.72. The monoisotopic (exact) mass is 331 g/mol. The summed E-state index contributed by atoms with van der Waals surface area (Å²) in [6.07, 6.45) is 0. The SMILES string of the molecule is COC(=O)CN(C)C(=O)CSc1ccc(Br)cc1. The molecule has 0 aliphatic rings. The van der Waals surface area contributed by atoms with E-state index >= 15 is 0 Å². The molecule has 0 radical (unpaired) electrons. The zero-order valence-electron chi connectivity index (χ0n) is 10.2. The highest BCUT2D eigenvalue weighted by atomic mass is 79.9. The standard InChI is InChI=1S/C12H14BrNO3S/c1-14(7-12(16)17-2)11(15)8-18-10-5-3-9(13)4-6-10/h3-6H,7-8H2,1-2H3. The molecule has 0 N–H and O–H groups in total. The third-order valence-electron chi connectivity index (χ3n) is 2.20. The second-order valence-corrected chi connectivity index (χ2v) is 5.53. The van der Waals surface area contributed by atoms with Crippen molar-refractivity contribution in [2.24, 2.45) is 0 Å². The van der Waals surface area contributed by atoms with Gasteiger partial charge in [-0.2, -0.15) is 0 Å². The van der Waals surface area contributed by atoms with Crippen LogP contribution in [0.4, 0.5) is 0 Å². The molecule has 1 amide bonds. The van der Waals surface area contributed by atoms with E-state index in [1.54, 1.807) is 7.05 Å². The number of amides is 1. The van der Waals surface area contributed by atoms with E-state index in [-0.39, 0.29) is 12.5 Å². The average Bonchev–Trinajstić information content (AvgIpc) is 2.37. The van der Waals surface area contributed by atoms with Gasteiger partial charge in [0.2, 0.25) is 5.91 Å². The first-order chi connectivity index (χ1) is 8.52. The van der Waals surface area contributed by atoms with Crippen LogP contribution in [-0.2, 0) is 14.3 Å². The van der Waals surface area contributed by atoms with Crippen molar-refractivity contribution < 1.29 is 14.3 Å². The molecule has 0 saturated carbocycles. The van der Waals surface area contributed by atoms with E-state index in [0.717, 1.165) is 9.37 Å². The summed E-state index contributed by atoms with van der Waals surface area (Å²) >= 11 is 4.78. The van der Waals surface area contributed by atoms with Crippen LogP contribution >= 0.6 is 27.7 Å². The molecule has 6 heteroatoms. The van der Waals surface area contributed by atoms with Crippen LogP contribution in [0.15, 0.2) is 33.6 Å². The Morgan fingerprint density at radius 3 is 2.50 bits per heavy atom. The summed E-state index contributed by atoms with van der Waals surface area (Å²) in [4.78, 5) is 25.1. The average molecular weight is 332 g/mol. The lowest BCUT2D eigenvalue weighted by Crippen LogP contribution is -2.33. The number of carbonyl (C=O) groups is 2. The molecule has 0 fully saturated rings. The number of rotatable bonds is 5. The Hall–Kier alpha value is -1.01. The van der Waals surface area contributed by atoms with E-state index in [1.807, 2.05) is 24.3 Å². The van der Waals surface area contributed by atoms with E-state index in [9.17, 15) is 9.59 Å². The smallest absolute Gasteiger partial charge is 0.325 e. The van der Waals surface area contributed by atoms with Gasteiger partial charge in [-0.25, -0.2) is 0 Å². The molecule has 18 heavy (non-hydrogen) atoms. The number of thioether (sulfide) groups is 1. The number of likely N-dealkylation sites (N-methyl/N-ethyl adjacent to an activating group) is 1. The van der Waals surface area contributed by atoms with Crippen LogP contribution in [0.25, 0.3) is 0 Å². The van der Waals surface area contributed by atoms with Gasteiger partial charge in [-0.3, -0.25) is 9.59 Å². The Balaban J connectivity index is 2.41. The minimum atomic E-state index is -0.417. The molecular formula is C12H14BrNO3S. The number of nitrogens with zero attached hydrogens (tertiary/aromatic N) is 1. The number of methoxy groups -OCH3 is 1. The molecule has 4 nitrogen and oxygen atoms in total. The zero-order chi connectivity index (χ0) is 13.5. The second kappa shape index (κ2) is 7.43. The number of ether oxygens (including phenoxy) is 1. The Labute approximate surface area is 119 Å². The van der Waals surface area contributed by atoms with Crippen molar-refractivity contribution in [1.29, 1.82) is 0 Å². The molecule has 0 aromatic heterocycles. The highest BCUT2D eigenvalue weighted by Crippen LogP contribution is 2.20. The number of hydrogen-bond donors (Lipinski definition) is 0. The minimum absolute atomic E-state index is 0.0176. The van der Waals surface area contributed by atoms with Crippen LogP contribution in [0.1, 0.15) is 0 Å². The van der Waals surface area contributed by atoms with Gasteiger partial charge in [-0.15, -0.1) is 11.8 Å². The summed E-state index contributed by atoms with van der Waals surface area (Å²) in [5.74, 6) is -0.220. The van der Waals surface area contributed by atoms with Crippen LogP contribution in [-0.4, -0.2) is 43.2 Å². The number of esters is 1. The van der Waals surface area contributed by atoms with Gasteiger partial charge in [0.15, 0.2) is 0 Å². The normalized spacial score (nSPS) is 9.94. The van der Waals surface area contributed by atoms with Crippen LogP contribution < -0.4 is 0 Å². The lowest BCUT2D eigenvalue weighted by Gasteiger charge is -2.15. The van der Waals surface area contributed by atoms with Gasteiger partial charge in [-0.05, 0) is 24.3 Å². The van der Waals surface area contributed by atoms with Crippen LogP contribution in [0.3, 0.4) is 0 Å². The van der Waals surface area contributed by atoms with Crippen molar-refractivity contribution >= 4 is 39.6 Å². The summed E-state index contributed by atoms with van der Waals surface area (Å²) in [7, 11) is 2.89. The quantitative estimate of drug-likeness (QED) is 0.612. The van der Waals surface area contributed by atoms with Gasteiger partial charge >= 0.3 is 5.97 Å². The van der Waals surface area contributed by atoms with Crippen molar-refractivity contribution in [1.82, 2.24) is 4.90 Å². The maximum Gasteiger partial charge on any atom is 0.325 e. The first-order valence-electron chi connectivity index (χ1n) is 5.22. The molecular weight excluding hydrogens is 318 g/mol. The second-order valence-electron chi connectivity index (χ2n) is 3.57. The molecule has 0 unspecified atom stereocenters. The molecule has 98 valence electrons. The van der Waals surface area contributed by atoms with Gasteiger partial charge in [0.1, 0.15) is 6.54 Å². The number of hydrogen-bond acceptors (Lipinski definition) is 4. The Kier molecular flexibility index (Phi) is 6.21. The van der Waals surface area contributed by atoms with Crippen molar-refractivity contribution in [3.8, 4) is 0 Å². The molecule has 0 aliphatic carbocycles. The van der Waals surface area contributed by atoms with Crippen LogP contribution in [0, 0.1) is 0 Å². The predicted molar refractivity (Wildman–Crippen MR) is 74.5 cm³/mol. The predicted octanol–water partition coefficient (Wildman–Crippen LogP) is 2.17. The number of carbonyl (C=O) groups excluding carboxylic acids is 2. The zero-order valence-corrected chi connectivity index (χ0v) is 12.6. The van der Waals surface area contributed by atoms with Crippen molar-refractivity contribution in [3.63, 3.8) is 0 Å². The van der Waals surface area contributed by atoms with E-state index in [4.69, 9.17) is 0 Å².